The number of fused-ring (bicyclic) bond motifs is 1. The van der Waals surface area contributed by atoms with Crippen molar-refractivity contribution < 1.29 is 23.6 Å². The molecule has 0 saturated carbocycles. The summed E-state index contributed by atoms with van der Waals surface area (Å²) in [5, 5.41) is 2.32. The van der Waals surface area contributed by atoms with Crippen LogP contribution >= 0.6 is 34.8 Å². The molecular weight excluding hydrogens is 470 g/mol. The van der Waals surface area contributed by atoms with Crippen molar-refractivity contribution in [3.8, 4) is 0 Å². The highest BCUT2D eigenvalue weighted by molar-refractivity contribution is 6.76. The molecule has 3 amide bonds. The summed E-state index contributed by atoms with van der Waals surface area (Å²) in [6, 6.07) is 5.44. The first-order chi connectivity index (χ1) is 14.5. The van der Waals surface area contributed by atoms with Crippen LogP contribution in [-0.4, -0.2) is 45.3 Å². The van der Waals surface area contributed by atoms with E-state index in [0.29, 0.717) is 23.8 Å². The molecule has 1 aromatic carbocycles. The third-order valence-electron chi connectivity index (χ3n) is 4.85. The molecule has 1 heterocycles. The molecule has 2 unspecified atom stereocenters. The third-order valence-corrected chi connectivity index (χ3v) is 5.37. The van der Waals surface area contributed by atoms with E-state index in [1.807, 2.05) is 0 Å². The van der Waals surface area contributed by atoms with Crippen LogP contribution in [0.4, 0.5) is 4.39 Å². The van der Waals surface area contributed by atoms with Crippen LogP contribution in [-0.2, 0) is 9.59 Å². The normalized spacial score (nSPS) is 16.4. The number of rotatable bonds is 9. The third kappa shape index (κ3) is 6.28. The summed E-state index contributed by atoms with van der Waals surface area (Å²) in [6.07, 6.45) is 2.16. The van der Waals surface area contributed by atoms with Gasteiger partial charge < -0.3 is 10.1 Å². The fraction of sp³-hybridized carbons (Fsp3) is 0.429. The van der Waals surface area contributed by atoms with Gasteiger partial charge in [0.2, 0.25) is 0 Å². The average Bonchev–Trinajstić information content (AvgIpc) is 2.94. The molecule has 0 radical (unpaired) electrons. The van der Waals surface area contributed by atoms with Crippen molar-refractivity contribution in [2.45, 2.75) is 36.5 Å². The highest BCUT2D eigenvalue weighted by atomic mass is 35.6. The molecule has 1 aliphatic heterocycles. The van der Waals surface area contributed by atoms with Crippen LogP contribution in [0, 0.1) is 11.8 Å². The lowest BCUT2D eigenvalue weighted by molar-refractivity contribution is -0.121. The number of benzene rings is 1. The standard InChI is InChI=1S/C21H22Cl3FN2O4/c1-12(2)17(26-20(31)21(22,23)24)16(25)10-13(11-28)6-5-9-27-18(29)14-7-3-4-8-15(14)19(27)30/h3-4,7-8,10-13,17H,5-6,9H2,1-2H3,(H,26,31)/b16-10-. The van der Waals surface area contributed by atoms with Gasteiger partial charge in [0, 0.05) is 12.5 Å². The molecule has 2 atom stereocenters. The summed E-state index contributed by atoms with van der Waals surface area (Å²) in [5.41, 5.74) is 0.685. The molecule has 0 spiro atoms. The van der Waals surface area contributed by atoms with Crippen LogP contribution in [0.2, 0.25) is 0 Å². The Morgan fingerprint density at radius 2 is 1.71 bits per heavy atom. The van der Waals surface area contributed by atoms with Gasteiger partial charge in [0.1, 0.15) is 12.1 Å². The first-order valence-corrected chi connectivity index (χ1v) is 10.8. The van der Waals surface area contributed by atoms with E-state index in [9.17, 15) is 23.6 Å². The predicted octanol–water partition coefficient (Wildman–Crippen LogP) is 4.24. The largest absolute Gasteiger partial charge is 0.343 e. The summed E-state index contributed by atoms with van der Waals surface area (Å²) >= 11 is 16.6. The van der Waals surface area contributed by atoms with Gasteiger partial charge in [0.25, 0.3) is 21.5 Å². The number of allylic oxidation sites excluding steroid dienone is 1. The number of hydrogen-bond donors (Lipinski definition) is 1. The molecule has 10 heteroatoms. The lowest BCUT2D eigenvalue weighted by atomic mass is 9.97. The Labute approximate surface area is 194 Å². The monoisotopic (exact) mass is 490 g/mol. The molecule has 0 saturated heterocycles. The van der Waals surface area contributed by atoms with Crippen LogP contribution in [0.5, 0.6) is 0 Å². The molecule has 31 heavy (non-hydrogen) atoms. The summed E-state index contributed by atoms with van der Waals surface area (Å²) in [6.45, 7) is 3.42. The lowest BCUT2D eigenvalue weighted by Crippen LogP contribution is -2.44. The second kappa shape index (κ2) is 10.6. The van der Waals surface area contributed by atoms with E-state index in [-0.39, 0.29) is 30.7 Å². The van der Waals surface area contributed by atoms with Crippen molar-refractivity contribution >= 4 is 58.8 Å². The number of alkyl halides is 3. The van der Waals surface area contributed by atoms with Gasteiger partial charge in [0.15, 0.2) is 0 Å². The molecule has 168 valence electrons. The maximum absolute atomic E-state index is 14.8. The quantitative estimate of drug-likeness (QED) is 0.318. The first-order valence-electron chi connectivity index (χ1n) is 9.62. The summed E-state index contributed by atoms with van der Waals surface area (Å²) < 4.78 is 12.5. The average molecular weight is 492 g/mol. The molecule has 0 bridgehead atoms. The number of carbonyl (C=O) groups excluding carboxylic acids is 4. The fourth-order valence-electron chi connectivity index (χ4n) is 3.20. The number of imide groups is 1. The van der Waals surface area contributed by atoms with E-state index in [1.165, 1.54) is 0 Å². The van der Waals surface area contributed by atoms with Crippen molar-refractivity contribution in [3.63, 3.8) is 0 Å². The molecule has 6 nitrogen and oxygen atoms in total. The summed E-state index contributed by atoms with van der Waals surface area (Å²) in [5.74, 6) is -3.69. The molecule has 0 aromatic heterocycles. The SMILES string of the molecule is CC(C)C(NC(=O)C(Cl)(Cl)Cl)/C(F)=C/C(C=O)CCCN1C(=O)c2ccccc2C1=O. The van der Waals surface area contributed by atoms with Crippen molar-refractivity contribution in [1.82, 2.24) is 10.2 Å². The van der Waals surface area contributed by atoms with Crippen LogP contribution in [0.15, 0.2) is 36.2 Å². The molecular formula is C21H22Cl3FN2O4. The van der Waals surface area contributed by atoms with Crippen LogP contribution in [0.1, 0.15) is 47.4 Å². The Morgan fingerprint density at radius 3 is 2.16 bits per heavy atom. The highest BCUT2D eigenvalue weighted by Crippen LogP contribution is 2.28. The Morgan fingerprint density at radius 1 is 1.16 bits per heavy atom. The molecule has 0 fully saturated rings. The van der Waals surface area contributed by atoms with Gasteiger partial charge in [0.05, 0.1) is 17.2 Å². The van der Waals surface area contributed by atoms with E-state index in [0.717, 1.165) is 11.0 Å². The van der Waals surface area contributed by atoms with E-state index in [4.69, 9.17) is 34.8 Å². The zero-order valence-electron chi connectivity index (χ0n) is 16.9. The Balaban J connectivity index is 2.00. The number of amides is 3. The fourth-order valence-corrected chi connectivity index (χ4v) is 3.37. The molecule has 1 aliphatic rings. The summed E-state index contributed by atoms with van der Waals surface area (Å²) in [7, 11) is 0. The number of nitrogens with zero attached hydrogens (tertiary/aromatic N) is 1. The Hall–Kier alpha value is -1.96. The van der Waals surface area contributed by atoms with Crippen LogP contribution in [0.25, 0.3) is 0 Å². The number of halogens is 4. The number of aldehydes is 1. The van der Waals surface area contributed by atoms with E-state index < -0.39 is 27.5 Å². The van der Waals surface area contributed by atoms with Crippen molar-refractivity contribution in [1.29, 1.82) is 0 Å². The molecule has 1 N–H and O–H groups in total. The van der Waals surface area contributed by atoms with E-state index >= 15 is 0 Å². The maximum Gasteiger partial charge on any atom is 0.272 e. The summed E-state index contributed by atoms with van der Waals surface area (Å²) in [4.78, 5) is 49.2. The van der Waals surface area contributed by atoms with Gasteiger partial charge in [-0.25, -0.2) is 4.39 Å². The van der Waals surface area contributed by atoms with Gasteiger partial charge in [-0.15, -0.1) is 0 Å². The number of carbonyl (C=O) groups is 4. The van der Waals surface area contributed by atoms with Gasteiger partial charge in [-0.1, -0.05) is 60.8 Å². The molecule has 0 aliphatic carbocycles. The van der Waals surface area contributed by atoms with Gasteiger partial charge >= 0.3 is 0 Å². The molecule has 2 rings (SSSR count). The van der Waals surface area contributed by atoms with Gasteiger partial charge in [-0.3, -0.25) is 19.3 Å². The van der Waals surface area contributed by atoms with Gasteiger partial charge in [-0.05, 0) is 37.0 Å². The topological polar surface area (TPSA) is 83.6 Å². The maximum atomic E-state index is 14.8. The number of nitrogens with one attached hydrogen (secondary N) is 1. The van der Waals surface area contributed by atoms with Crippen molar-refractivity contribution in [2.24, 2.45) is 11.8 Å². The smallest absolute Gasteiger partial charge is 0.272 e. The van der Waals surface area contributed by atoms with E-state index in [1.54, 1.807) is 38.1 Å². The van der Waals surface area contributed by atoms with Crippen LogP contribution < -0.4 is 5.32 Å². The van der Waals surface area contributed by atoms with Crippen LogP contribution in [0.3, 0.4) is 0 Å². The minimum Gasteiger partial charge on any atom is -0.343 e. The van der Waals surface area contributed by atoms with E-state index in [2.05, 4.69) is 5.32 Å². The first kappa shape index (κ1) is 25.3. The highest BCUT2D eigenvalue weighted by Gasteiger charge is 2.35. The predicted molar refractivity (Wildman–Crippen MR) is 117 cm³/mol. The van der Waals surface area contributed by atoms with Crippen molar-refractivity contribution in [2.75, 3.05) is 6.54 Å². The minimum absolute atomic E-state index is 0.101. The zero-order chi connectivity index (χ0) is 23.3. The number of hydrogen-bond acceptors (Lipinski definition) is 4. The molecule has 1 aromatic rings. The zero-order valence-corrected chi connectivity index (χ0v) is 19.2. The second-order valence-electron chi connectivity index (χ2n) is 7.49. The van der Waals surface area contributed by atoms with Crippen molar-refractivity contribution in [3.05, 3.63) is 47.3 Å². The lowest BCUT2D eigenvalue weighted by Gasteiger charge is -2.23. The Bertz CT molecular complexity index is 864. The second-order valence-corrected chi connectivity index (χ2v) is 9.78. The Kier molecular flexibility index (Phi) is 8.63. The minimum atomic E-state index is -2.25. The van der Waals surface area contributed by atoms with Gasteiger partial charge in [-0.2, -0.15) is 0 Å².